The first-order chi connectivity index (χ1) is 13.9. The van der Waals surface area contributed by atoms with Crippen LogP contribution in [-0.4, -0.2) is 60.5 Å². The average molecular weight is 430 g/mol. The van der Waals surface area contributed by atoms with E-state index in [1.807, 2.05) is 0 Å². The second-order valence-corrected chi connectivity index (χ2v) is 8.65. The van der Waals surface area contributed by atoms with Gasteiger partial charge >= 0.3 is 18.0 Å². The van der Waals surface area contributed by atoms with Crippen molar-refractivity contribution in [2.24, 2.45) is 17.8 Å². The topological polar surface area (TPSA) is 120 Å². The van der Waals surface area contributed by atoms with Crippen molar-refractivity contribution in [3.05, 3.63) is 0 Å². The second kappa shape index (κ2) is 8.77. The Labute approximate surface area is 175 Å². The summed E-state index contributed by atoms with van der Waals surface area (Å²) < 4.78 is 29.9. The molecule has 0 saturated heterocycles. The highest BCUT2D eigenvalue weighted by atomic mass is 19.1. The molecular weight excluding hydrogens is 399 g/mol. The van der Waals surface area contributed by atoms with E-state index in [1.54, 1.807) is 34.6 Å². The lowest BCUT2D eigenvalue weighted by atomic mass is 9.89. The van der Waals surface area contributed by atoms with E-state index in [1.165, 1.54) is 6.92 Å². The van der Waals surface area contributed by atoms with Gasteiger partial charge in [0.15, 0.2) is 0 Å². The maximum absolute atomic E-state index is 14.7. The van der Waals surface area contributed by atoms with Gasteiger partial charge in [-0.1, -0.05) is 0 Å². The molecule has 6 atom stereocenters. The van der Waals surface area contributed by atoms with E-state index in [0.717, 1.165) is 0 Å². The Morgan fingerprint density at radius 3 is 2.27 bits per heavy atom. The summed E-state index contributed by atoms with van der Waals surface area (Å²) in [6, 6.07) is -1.07. The minimum atomic E-state index is -1.70. The van der Waals surface area contributed by atoms with Gasteiger partial charge in [-0.05, 0) is 41.5 Å². The minimum absolute atomic E-state index is 0.0284. The molecule has 2 amide bonds. The largest absolute Gasteiger partial charge is 0.466 e. The average Bonchev–Trinajstić information content (AvgIpc) is 3.29. The predicted octanol–water partition coefficient (Wildman–Crippen LogP) is 1.48. The van der Waals surface area contributed by atoms with E-state index < -0.39 is 65.0 Å². The lowest BCUT2D eigenvalue weighted by Gasteiger charge is -2.32. The van der Waals surface area contributed by atoms with Crippen molar-refractivity contribution in [3.63, 3.8) is 0 Å². The number of nitrogens with one attached hydrogen (secondary N) is 2. The van der Waals surface area contributed by atoms with Crippen molar-refractivity contribution in [1.82, 2.24) is 10.6 Å². The fourth-order valence-electron chi connectivity index (χ4n) is 4.08. The number of halogens is 1. The van der Waals surface area contributed by atoms with Crippen LogP contribution in [-0.2, 0) is 28.6 Å². The number of rotatable bonds is 7. The van der Waals surface area contributed by atoms with Crippen LogP contribution >= 0.6 is 0 Å². The van der Waals surface area contributed by atoms with Crippen molar-refractivity contribution in [2.45, 2.75) is 71.3 Å². The maximum atomic E-state index is 14.7. The zero-order chi connectivity index (χ0) is 22.9. The fourth-order valence-corrected chi connectivity index (χ4v) is 4.08. The number of alkyl halides is 1. The molecule has 2 saturated carbocycles. The van der Waals surface area contributed by atoms with Crippen molar-refractivity contribution < 1.29 is 37.8 Å². The predicted molar refractivity (Wildman–Crippen MR) is 103 cm³/mol. The van der Waals surface area contributed by atoms with Gasteiger partial charge in [-0.25, -0.2) is 14.0 Å². The molecule has 0 aromatic heterocycles. The standard InChI is InChI=1S/C20H31FN2O7/c1-7-28-16(25)13-12-11(21)9-20(14(12)13,17(26)29-8-2)23-15(24)10(3)22-18(27)30-19(4,5)6/h10-14H,7-9H2,1-6H3,(H,22,27)(H,23,24)/t10-,11+,12-,13-,14-,20-/m0/s1. The van der Waals surface area contributed by atoms with E-state index in [4.69, 9.17) is 14.2 Å². The van der Waals surface area contributed by atoms with Gasteiger partial charge in [-0.15, -0.1) is 0 Å². The maximum Gasteiger partial charge on any atom is 0.408 e. The van der Waals surface area contributed by atoms with Crippen LogP contribution in [0.4, 0.5) is 9.18 Å². The van der Waals surface area contributed by atoms with Gasteiger partial charge in [0, 0.05) is 18.3 Å². The molecule has 0 spiro atoms. The molecule has 0 heterocycles. The Kier molecular flexibility index (Phi) is 6.98. The molecule has 0 radical (unpaired) electrons. The van der Waals surface area contributed by atoms with Gasteiger partial charge in [0.1, 0.15) is 23.4 Å². The Hall–Kier alpha value is -2.39. The number of fused-ring (bicyclic) bond motifs is 1. The van der Waals surface area contributed by atoms with Gasteiger partial charge in [-0.3, -0.25) is 9.59 Å². The van der Waals surface area contributed by atoms with Crippen LogP contribution in [0.15, 0.2) is 0 Å². The van der Waals surface area contributed by atoms with E-state index >= 15 is 0 Å². The third-order valence-electron chi connectivity index (χ3n) is 5.25. The van der Waals surface area contributed by atoms with Crippen LogP contribution in [0, 0.1) is 17.8 Å². The quantitative estimate of drug-likeness (QED) is 0.464. The smallest absolute Gasteiger partial charge is 0.408 e. The SMILES string of the molecule is CCOC(=O)[C@H]1[C@H]2[C@@H]1[C@](NC(=O)[C@H](C)NC(=O)OC(C)(C)C)(C(=O)OCC)C[C@H]2F. The normalized spacial score (nSPS) is 30.5. The van der Waals surface area contributed by atoms with Crippen molar-refractivity contribution in [1.29, 1.82) is 0 Å². The van der Waals surface area contributed by atoms with Gasteiger partial charge in [0.2, 0.25) is 5.91 Å². The van der Waals surface area contributed by atoms with Crippen LogP contribution < -0.4 is 10.6 Å². The lowest BCUT2D eigenvalue weighted by Crippen LogP contribution is -2.61. The number of amides is 2. The summed E-state index contributed by atoms with van der Waals surface area (Å²) in [7, 11) is 0. The molecule has 2 rings (SSSR count). The van der Waals surface area contributed by atoms with E-state index in [-0.39, 0.29) is 19.6 Å². The summed E-state index contributed by atoms with van der Waals surface area (Å²) in [5, 5.41) is 4.94. The molecule has 170 valence electrons. The third-order valence-corrected chi connectivity index (χ3v) is 5.25. The molecule has 0 bridgehead atoms. The molecule has 0 aliphatic heterocycles. The molecule has 2 aliphatic carbocycles. The number of carbonyl (C=O) groups is 4. The summed E-state index contributed by atoms with van der Waals surface area (Å²) in [4.78, 5) is 49.7. The minimum Gasteiger partial charge on any atom is -0.466 e. The number of esters is 2. The Balaban J connectivity index is 2.18. The number of hydrogen-bond donors (Lipinski definition) is 2. The monoisotopic (exact) mass is 430 g/mol. The van der Waals surface area contributed by atoms with Gasteiger partial charge in [0.05, 0.1) is 19.1 Å². The lowest BCUT2D eigenvalue weighted by molar-refractivity contribution is -0.156. The van der Waals surface area contributed by atoms with E-state index in [0.29, 0.717) is 0 Å². The molecule has 0 aromatic rings. The summed E-state index contributed by atoms with van der Waals surface area (Å²) in [5.41, 5.74) is -2.45. The molecule has 2 fully saturated rings. The van der Waals surface area contributed by atoms with Gasteiger partial charge in [-0.2, -0.15) is 0 Å². The number of hydrogen-bond acceptors (Lipinski definition) is 7. The highest BCUT2D eigenvalue weighted by molar-refractivity contribution is 5.94. The van der Waals surface area contributed by atoms with Crippen LogP contribution in [0.5, 0.6) is 0 Å². The van der Waals surface area contributed by atoms with Crippen molar-refractivity contribution >= 4 is 23.9 Å². The zero-order valence-corrected chi connectivity index (χ0v) is 18.2. The molecule has 30 heavy (non-hydrogen) atoms. The highest BCUT2D eigenvalue weighted by Gasteiger charge is 2.76. The Morgan fingerprint density at radius 1 is 1.13 bits per heavy atom. The van der Waals surface area contributed by atoms with Crippen molar-refractivity contribution in [2.75, 3.05) is 13.2 Å². The number of carbonyl (C=O) groups excluding carboxylic acids is 4. The summed E-state index contributed by atoms with van der Waals surface area (Å²) in [6.45, 7) is 9.82. The summed E-state index contributed by atoms with van der Waals surface area (Å²) in [5.74, 6) is -4.42. The van der Waals surface area contributed by atoms with E-state index in [9.17, 15) is 23.6 Å². The van der Waals surface area contributed by atoms with Crippen LogP contribution in [0.3, 0.4) is 0 Å². The number of alkyl carbamates (subject to hydrolysis) is 1. The van der Waals surface area contributed by atoms with Crippen molar-refractivity contribution in [3.8, 4) is 0 Å². The molecule has 2 aliphatic rings. The first kappa shape index (κ1) is 23.9. The summed E-state index contributed by atoms with van der Waals surface area (Å²) >= 11 is 0. The van der Waals surface area contributed by atoms with Crippen LogP contribution in [0.25, 0.3) is 0 Å². The molecule has 0 aromatic carbocycles. The molecule has 10 heteroatoms. The van der Waals surface area contributed by atoms with Crippen LogP contribution in [0.1, 0.15) is 48.0 Å². The molecule has 2 N–H and O–H groups in total. The highest BCUT2D eigenvalue weighted by Crippen LogP contribution is 2.64. The van der Waals surface area contributed by atoms with Gasteiger partial charge in [0.25, 0.3) is 0 Å². The third kappa shape index (κ3) is 4.84. The van der Waals surface area contributed by atoms with Crippen LogP contribution in [0.2, 0.25) is 0 Å². The second-order valence-electron chi connectivity index (χ2n) is 8.65. The first-order valence-corrected chi connectivity index (χ1v) is 10.2. The Morgan fingerprint density at radius 2 is 1.73 bits per heavy atom. The van der Waals surface area contributed by atoms with Gasteiger partial charge < -0.3 is 24.8 Å². The molecule has 0 unspecified atom stereocenters. The molecular formula is C20H31FN2O7. The summed E-state index contributed by atoms with van der Waals surface area (Å²) in [6.07, 6.45) is -2.58. The number of ether oxygens (including phenoxy) is 3. The first-order valence-electron chi connectivity index (χ1n) is 10.2. The zero-order valence-electron chi connectivity index (χ0n) is 18.2. The molecule has 9 nitrogen and oxygen atoms in total. The fraction of sp³-hybridized carbons (Fsp3) is 0.800. The Bertz CT molecular complexity index is 708. The van der Waals surface area contributed by atoms with E-state index in [2.05, 4.69) is 10.6 Å².